The van der Waals surface area contributed by atoms with E-state index in [1.54, 1.807) is 14.2 Å². The molecule has 8 rings (SSSR count). The average molecular weight is 714 g/mol. The maximum atomic E-state index is 11.8. The molecule has 4 saturated heterocycles. The number of rotatable bonds is 9. The molecule has 4 atom stereocenters. The predicted octanol–water partition coefficient (Wildman–Crippen LogP) is 5.44. The van der Waals surface area contributed by atoms with Crippen LogP contribution in [0.1, 0.15) is 24.0 Å². The summed E-state index contributed by atoms with van der Waals surface area (Å²) in [6.45, 7) is 4.76. The number of pyridine rings is 2. The van der Waals surface area contributed by atoms with Gasteiger partial charge in [0.15, 0.2) is 0 Å². The highest BCUT2D eigenvalue weighted by Crippen LogP contribution is 2.43. The lowest BCUT2D eigenvalue weighted by Crippen LogP contribution is -2.32. The van der Waals surface area contributed by atoms with Gasteiger partial charge < -0.3 is 20.1 Å². The summed E-state index contributed by atoms with van der Waals surface area (Å²) in [5.41, 5.74) is 6.45. The Hall–Kier alpha value is -4.22. The minimum atomic E-state index is 0.149. The Kier molecular flexibility index (Phi) is 8.89. The topological polar surface area (TPSA) is 109 Å². The van der Waals surface area contributed by atoms with E-state index in [1.807, 2.05) is 60.7 Å². The van der Waals surface area contributed by atoms with Gasteiger partial charge in [0, 0.05) is 109 Å². The highest BCUT2D eigenvalue weighted by molar-refractivity contribution is 6.39. The van der Waals surface area contributed by atoms with Gasteiger partial charge in [-0.3, -0.25) is 19.4 Å². The number of carbonyl (C=O) groups excluding carboxylic acids is 2. The summed E-state index contributed by atoms with van der Waals surface area (Å²) in [5, 5.41) is 7.24. The fourth-order valence-electron chi connectivity index (χ4n) is 8.12. The van der Waals surface area contributed by atoms with E-state index in [2.05, 4.69) is 20.4 Å². The molecule has 4 aliphatic heterocycles. The van der Waals surface area contributed by atoms with Gasteiger partial charge in [-0.15, -0.1) is 0 Å². The summed E-state index contributed by atoms with van der Waals surface area (Å²) in [4.78, 5) is 37.9. The molecular formula is C38H38Cl2N6O4. The van der Waals surface area contributed by atoms with Crippen LogP contribution in [0.4, 0.5) is 0 Å². The Balaban J connectivity index is 1.03. The van der Waals surface area contributed by atoms with Crippen molar-refractivity contribution in [2.24, 2.45) is 11.8 Å². The van der Waals surface area contributed by atoms with Gasteiger partial charge in [-0.2, -0.15) is 0 Å². The predicted molar refractivity (Wildman–Crippen MR) is 192 cm³/mol. The zero-order chi connectivity index (χ0) is 34.5. The number of aromatic nitrogens is 2. The van der Waals surface area contributed by atoms with Gasteiger partial charge in [0.25, 0.3) is 0 Å². The molecule has 4 fully saturated rings. The summed E-state index contributed by atoms with van der Waals surface area (Å²) < 4.78 is 11.5. The fraction of sp³-hybridized carbons (Fsp3) is 0.368. The Morgan fingerprint density at radius 1 is 0.640 bits per heavy atom. The van der Waals surface area contributed by atoms with Crippen LogP contribution in [0.2, 0.25) is 10.0 Å². The second kappa shape index (κ2) is 13.5. The normalized spacial score (nSPS) is 23.1. The largest absolute Gasteiger partial charge is 0.481 e. The highest BCUT2D eigenvalue weighted by Gasteiger charge is 2.41. The third-order valence-corrected chi connectivity index (χ3v) is 11.3. The Bertz CT molecular complexity index is 1820. The third-order valence-electron chi connectivity index (χ3n) is 10.5. The second-order valence-corrected chi connectivity index (χ2v) is 14.5. The van der Waals surface area contributed by atoms with E-state index < -0.39 is 0 Å². The maximum Gasteiger partial charge on any atom is 0.220 e. The van der Waals surface area contributed by atoms with Gasteiger partial charge in [-0.05, 0) is 12.1 Å². The number of hydrogen-bond acceptors (Lipinski definition) is 8. The molecule has 10 nitrogen and oxygen atoms in total. The molecule has 2 aromatic heterocycles. The third kappa shape index (κ3) is 6.19. The monoisotopic (exact) mass is 712 g/mol. The first-order valence-corrected chi connectivity index (χ1v) is 17.7. The van der Waals surface area contributed by atoms with Gasteiger partial charge in [0.2, 0.25) is 23.6 Å². The van der Waals surface area contributed by atoms with Crippen molar-refractivity contribution >= 4 is 35.0 Å². The number of likely N-dealkylation sites (tertiary alicyclic amines) is 2. The lowest BCUT2D eigenvalue weighted by Gasteiger charge is -2.19. The molecule has 0 radical (unpaired) electrons. The van der Waals surface area contributed by atoms with Crippen molar-refractivity contribution in [1.82, 2.24) is 30.4 Å². The van der Waals surface area contributed by atoms with Gasteiger partial charge >= 0.3 is 0 Å². The van der Waals surface area contributed by atoms with Gasteiger partial charge in [-0.25, -0.2) is 9.97 Å². The number of methoxy groups -OCH3 is 2. The molecule has 0 saturated carbocycles. The maximum absolute atomic E-state index is 11.8. The molecule has 6 heterocycles. The summed E-state index contributed by atoms with van der Waals surface area (Å²) >= 11 is 14.3. The van der Waals surface area contributed by atoms with Crippen molar-refractivity contribution in [2.75, 3.05) is 40.4 Å². The summed E-state index contributed by atoms with van der Waals surface area (Å²) in [6.07, 6.45) is 1.19. The molecule has 0 unspecified atom stereocenters. The quantitative estimate of drug-likeness (QED) is 0.236. The lowest BCUT2D eigenvalue weighted by molar-refractivity contribution is -0.120. The van der Waals surface area contributed by atoms with Crippen LogP contribution in [-0.4, -0.2) is 84.1 Å². The second-order valence-electron chi connectivity index (χ2n) is 13.7. The molecule has 0 bridgehead atoms. The lowest BCUT2D eigenvalue weighted by atomic mass is 9.98. The zero-order valence-corrected chi connectivity index (χ0v) is 29.4. The first-order valence-electron chi connectivity index (χ1n) is 17.0. The molecule has 4 aliphatic rings. The molecule has 2 N–H and O–H groups in total. The van der Waals surface area contributed by atoms with Crippen LogP contribution in [0.25, 0.3) is 33.6 Å². The first-order chi connectivity index (χ1) is 24.3. The number of fused-ring (bicyclic) bond motifs is 2. The van der Waals surface area contributed by atoms with Crippen LogP contribution in [0.5, 0.6) is 11.8 Å². The van der Waals surface area contributed by atoms with Gasteiger partial charge in [0.1, 0.15) is 0 Å². The van der Waals surface area contributed by atoms with Crippen molar-refractivity contribution in [3.63, 3.8) is 0 Å². The van der Waals surface area contributed by atoms with Crippen molar-refractivity contribution in [3.8, 4) is 45.4 Å². The number of benzene rings is 2. The van der Waals surface area contributed by atoms with Crippen LogP contribution >= 0.6 is 23.2 Å². The number of amides is 2. The van der Waals surface area contributed by atoms with Crippen LogP contribution < -0.4 is 20.1 Å². The summed E-state index contributed by atoms with van der Waals surface area (Å²) in [7, 11) is 3.26. The van der Waals surface area contributed by atoms with E-state index in [1.165, 1.54) is 0 Å². The van der Waals surface area contributed by atoms with Crippen LogP contribution in [0, 0.1) is 11.8 Å². The van der Waals surface area contributed by atoms with Crippen molar-refractivity contribution in [1.29, 1.82) is 0 Å². The molecule has 12 heteroatoms. The molecule has 258 valence electrons. The van der Waals surface area contributed by atoms with E-state index in [0.29, 0.717) is 71.0 Å². The number of carbonyl (C=O) groups is 2. The Morgan fingerprint density at radius 3 is 1.46 bits per heavy atom. The molecule has 2 amide bonds. The van der Waals surface area contributed by atoms with E-state index in [9.17, 15) is 9.59 Å². The Morgan fingerprint density at radius 2 is 1.06 bits per heavy atom. The van der Waals surface area contributed by atoms with Crippen molar-refractivity contribution in [3.05, 3.63) is 81.8 Å². The first kappa shape index (κ1) is 33.0. The fourth-order valence-corrected chi connectivity index (χ4v) is 8.77. The van der Waals surface area contributed by atoms with E-state index >= 15 is 0 Å². The average Bonchev–Trinajstić information content (AvgIpc) is 3.85. The minimum absolute atomic E-state index is 0.149. The summed E-state index contributed by atoms with van der Waals surface area (Å²) in [6, 6.07) is 20.2. The van der Waals surface area contributed by atoms with Gasteiger partial charge in [0.05, 0.1) is 35.7 Å². The Labute approximate surface area is 301 Å². The number of halogens is 2. The number of ether oxygens (including phenoxy) is 2. The molecule has 2 aromatic carbocycles. The minimum Gasteiger partial charge on any atom is -0.481 e. The van der Waals surface area contributed by atoms with E-state index in [0.717, 1.165) is 59.6 Å². The van der Waals surface area contributed by atoms with Crippen LogP contribution in [-0.2, 0) is 22.7 Å². The van der Waals surface area contributed by atoms with Crippen molar-refractivity contribution < 1.29 is 19.1 Å². The van der Waals surface area contributed by atoms with Crippen LogP contribution in [0.3, 0.4) is 0 Å². The number of nitrogens with one attached hydrogen (secondary N) is 2. The van der Waals surface area contributed by atoms with E-state index in [-0.39, 0.29) is 23.9 Å². The standard InChI is InChI=1S/C38H38Cl2N6O4/c1-49-37-21(15-45-17-23-13-33(47)41-31(23)19-45)9-11-29(43-37)27-7-3-5-25(35(27)39)26-6-4-8-28(36(26)40)30-12-10-22(38(44-30)50-2)16-46-18-24-14-34(48)42-32(24)20-46/h3-12,23-24,31-32H,13-20H2,1-2H3,(H,41,47)(H,42,48)/t23-,24-,31+,32+/m0/s1. The van der Waals surface area contributed by atoms with Crippen LogP contribution in [0.15, 0.2) is 60.7 Å². The highest BCUT2D eigenvalue weighted by atomic mass is 35.5. The number of hydrogen-bond donors (Lipinski definition) is 2. The van der Waals surface area contributed by atoms with Crippen molar-refractivity contribution in [2.45, 2.75) is 38.0 Å². The molecular weight excluding hydrogens is 675 g/mol. The number of nitrogens with zero attached hydrogens (tertiary/aromatic N) is 4. The zero-order valence-electron chi connectivity index (χ0n) is 27.9. The smallest absolute Gasteiger partial charge is 0.220 e. The SMILES string of the molecule is COc1nc(-c2cccc(-c3cccc(-c4ccc(CN5C[C@@H]6CC(=O)N[C@@H]6C5)c(OC)n4)c3Cl)c2Cl)ccc1CN1C[C@@H]2CC(=O)N[C@@H]2C1. The van der Waals surface area contributed by atoms with E-state index in [4.69, 9.17) is 42.6 Å². The molecule has 50 heavy (non-hydrogen) atoms. The molecule has 0 spiro atoms. The summed E-state index contributed by atoms with van der Waals surface area (Å²) in [5.74, 6) is 2.11. The molecule has 4 aromatic rings. The molecule has 0 aliphatic carbocycles. The van der Waals surface area contributed by atoms with Gasteiger partial charge in [-0.1, -0.05) is 71.7 Å².